The molecular formula is C15H15N3O2S2. The SMILES string of the molecule is N#CC1(c2ccc(N3C[C@H](CNC(=S)S)OC3=O)cc2)CC1. The summed E-state index contributed by atoms with van der Waals surface area (Å²) in [6.07, 6.45) is 1.19. The molecule has 5 nitrogen and oxygen atoms in total. The van der Waals surface area contributed by atoms with Crippen LogP contribution in [0.1, 0.15) is 18.4 Å². The molecule has 1 atom stereocenters. The fourth-order valence-electron chi connectivity index (χ4n) is 2.59. The summed E-state index contributed by atoms with van der Waals surface area (Å²) in [5.74, 6) is 0. The molecule has 1 aromatic carbocycles. The Balaban J connectivity index is 1.68. The number of nitrogens with zero attached hydrogens (tertiary/aromatic N) is 2. The van der Waals surface area contributed by atoms with Gasteiger partial charge in [0.05, 0.1) is 24.6 Å². The van der Waals surface area contributed by atoms with E-state index in [1.54, 1.807) is 4.90 Å². The Labute approximate surface area is 139 Å². The van der Waals surface area contributed by atoms with Gasteiger partial charge in [-0.2, -0.15) is 5.26 Å². The Morgan fingerprint density at radius 1 is 1.50 bits per heavy atom. The molecule has 2 fully saturated rings. The number of carbonyl (C=O) groups is 1. The van der Waals surface area contributed by atoms with Crippen LogP contribution in [0.5, 0.6) is 0 Å². The molecule has 0 radical (unpaired) electrons. The van der Waals surface area contributed by atoms with Crippen molar-refractivity contribution < 1.29 is 9.53 Å². The van der Waals surface area contributed by atoms with Gasteiger partial charge in [-0.05, 0) is 30.5 Å². The van der Waals surface area contributed by atoms with Gasteiger partial charge in [-0.15, -0.1) is 12.6 Å². The van der Waals surface area contributed by atoms with Gasteiger partial charge in [-0.25, -0.2) is 4.79 Å². The van der Waals surface area contributed by atoms with Gasteiger partial charge in [0.25, 0.3) is 0 Å². The smallest absolute Gasteiger partial charge is 0.414 e. The highest BCUT2D eigenvalue weighted by Crippen LogP contribution is 2.47. The highest BCUT2D eigenvalue weighted by Gasteiger charge is 2.44. The predicted molar refractivity (Wildman–Crippen MR) is 90.2 cm³/mol. The molecule has 22 heavy (non-hydrogen) atoms. The number of nitriles is 1. The number of amides is 1. The van der Waals surface area contributed by atoms with Crippen molar-refractivity contribution in [3.63, 3.8) is 0 Å². The van der Waals surface area contributed by atoms with Gasteiger partial charge in [-0.3, -0.25) is 4.90 Å². The summed E-state index contributed by atoms with van der Waals surface area (Å²) in [6.45, 7) is 0.908. The third-order valence-corrected chi connectivity index (χ3v) is 4.35. The normalized spacial score (nSPS) is 21.9. The lowest BCUT2D eigenvalue weighted by Gasteiger charge is -2.14. The summed E-state index contributed by atoms with van der Waals surface area (Å²) < 4.78 is 5.67. The van der Waals surface area contributed by atoms with E-state index in [0.29, 0.717) is 17.4 Å². The van der Waals surface area contributed by atoms with Gasteiger partial charge in [0.2, 0.25) is 0 Å². The van der Waals surface area contributed by atoms with E-state index in [2.05, 4.69) is 24.0 Å². The molecule has 3 rings (SSSR count). The zero-order chi connectivity index (χ0) is 15.7. The van der Waals surface area contributed by atoms with Crippen molar-refractivity contribution in [1.82, 2.24) is 5.32 Å². The van der Waals surface area contributed by atoms with Gasteiger partial charge >= 0.3 is 6.09 Å². The Bertz CT molecular complexity index is 650. The lowest BCUT2D eigenvalue weighted by molar-refractivity contribution is 0.143. The van der Waals surface area contributed by atoms with E-state index in [0.717, 1.165) is 24.1 Å². The van der Waals surface area contributed by atoms with Crippen molar-refractivity contribution in [1.29, 1.82) is 5.26 Å². The maximum absolute atomic E-state index is 12.0. The summed E-state index contributed by atoms with van der Waals surface area (Å²) in [5.41, 5.74) is 1.49. The predicted octanol–water partition coefficient (Wildman–Crippen LogP) is 2.37. The number of cyclic esters (lactones) is 1. The number of nitrogens with one attached hydrogen (secondary N) is 1. The number of anilines is 1. The number of hydrogen-bond donors (Lipinski definition) is 2. The molecule has 7 heteroatoms. The Hall–Kier alpha value is -1.78. The van der Waals surface area contributed by atoms with Crippen LogP contribution in [0.2, 0.25) is 0 Å². The molecule has 0 bridgehead atoms. The Morgan fingerprint density at radius 2 is 2.18 bits per heavy atom. The first kappa shape index (κ1) is 15.1. The average Bonchev–Trinajstić information content (AvgIpc) is 3.23. The van der Waals surface area contributed by atoms with Gasteiger partial charge in [0, 0.05) is 5.69 Å². The van der Waals surface area contributed by atoms with Crippen LogP contribution in [-0.2, 0) is 10.2 Å². The summed E-state index contributed by atoms with van der Waals surface area (Å²) in [5, 5.41) is 12.1. The third kappa shape index (κ3) is 2.89. The fraction of sp³-hybridized carbons (Fsp3) is 0.400. The quantitative estimate of drug-likeness (QED) is 0.654. The van der Waals surface area contributed by atoms with Crippen LogP contribution in [0.15, 0.2) is 24.3 Å². The molecule has 1 saturated carbocycles. The highest BCUT2D eigenvalue weighted by atomic mass is 32.1. The van der Waals surface area contributed by atoms with Crippen molar-refractivity contribution in [2.75, 3.05) is 18.0 Å². The second-order valence-electron chi connectivity index (χ2n) is 5.54. The van der Waals surface area contributed by atoms with Crippen LogP contribution < -0.4 is 10.2 Å². The van der Waals surface area contributed by atoms with Crippen LogP contribution in [0.25, 0.3) is 0 Å². The number of hydrogen-bond acceptors (Lipinski definition) is 4. The van der Waals surface area contributed by atoms with Crippen molar-refractivity contribution >= 4 is 40.9 Å². The second kappa shape index (κ2) is 5.78. The second-order valence-corrected chi connectivity index (χ2v) is 6.70. The molecule has 0 unspecified atom stereocenters. The molecule has 114 valence electrons. The Morgan fingerprint density at radius 3 is 2.73 bits per heavy atom. The van der Waals surface area contributed by atoms with Crippen LogP contribution >= 0.6 is 24.8 Å². The highest BCUT2D eigenvalue weighted by molar-refractivity contribution is 8.11. The maximum Gasteiger partial charge on any atom is 0.414 e. The van der Waals surface area contributed by atoms with Crippen molar-refractivity contribution in [3.8, 4) is 6.07 Å². The minimum atomic E-state index is -0.369. The molecule has 0 aromatic heterocycles. The minimum Gasteiger partial charge on any atom is -0.442 e. The van der Waals surface area contributed by atoms with Crippen LogP contribution in [0, 0.1) is 11.3 Å². The molecule has 1 N–H and O–H groups in total. The number of thiol groups is 1. The fourth-order valence-corrected chi connectivity index (χ4v) is 2.76. The van der Waals surface area contributed by atoms with Gasteiger partial charge in [0.15, 0.2) is 0 Å². The van der Waals surface area contributed by atoms with Crippen molar-refractivity contribution in [2.45, 2.75) is 24.4 Å². The van der Waals surface area contributed by atoms with Crippen LogP contribution in [0.4, 0.5) is 10.5 Å². The van der Waals surface area contributed by atoms with Crippen molar-refractivity contribution in [3.05, 3.63) is 29.8 Å². The topological polar surface area (TPSA) is 65.4 Å². The summed E-state index contributed by atoms with van der Waals surface area (Å²) in [7, 11) is 0. The Kier molecular flexibility index (Phi) is 3.98. The molecule has 1 saturated heterocycles. The van der Waals surface area contributed by atoms with E-state index in [1.165, 1.54) is 0 Å². The first-order valence-corrected chi connectivity index (χ1v) is 7.86. The zero-order valence-electron chi connectivity index (χ0n) is 11.8. The summed E-state index contributed by atoms with van der Waals surface area (Å²) in [4.78, 5) is 13.5. The lowest BCUT2D eigenvalue weighted by atomic mass is 9.97. The van der Waals surface area contributed by atoms with Crippen molar-refractivity contribution in [2.24, 2.45) is 0 Å². The molecule has 2 aliphatic rings. The number of benzene rings is 1. The lowest BCUT2D eigenvalue weighted by Crippen LogP contribution is -2.32. The van der Waals surface area contributed by atoms with E-state index < -0.39 is 0 Å². The monoisotopic (exact) mass is 333 g/mol. The first-order chi connectivity index (χ1) is 10.5. The molecule has 1 heterocycles. The standard InChI is InChI=1S/C15H15N3O2S2/c16-9-15(5-6-15)10-1-3-11(4-2-10)18-8-12(20-14(18)19)7-17-13(21)22/h1-4,12H,5-8H2,(H2,17,21,22)/t12-/m0/s1. The van der Waals surface area contributed by atoms with Crippen LogP contribution in [0.3, 0.4) is 0 Å². The maximum atomic E-state index is 12.0. The third-order valence-electron chi connectivity index (χ3n) is 4.05. The van der Waals surface area contributed by atoms with E-state index in [9.17, 15) is 10.1 Å². The number of carbonyl (C=O) groups excluding carboxylic acids is 1. The van der Waals surface area contributed by atoms with Gasteiger partial charge < -0.3 is 10.1 Å². The van der Waals surface area contributed by atoms with Gasteiger partial charge in [-0.1, -0.05) is 24.4 Å². The molecule has 1 aromatic rings. The molecular weight excluding hydrogens is 318 g/mol. The molecule has 1 amide bonds. The zero-order valence-corrected chi connectivity index (χ0v) is 13.5. The summed E-state index contributed by atoms with van der Waals surface area (Å²) in [6, 6.07) is 9.95. The molecule has 1 aliphatic heterocycles. The van der Waals surface area contributed by atoms with E-state index in [-0.39, 0.29) is 17.6 Å². The number of thiocarbonyl (C=S) groups is 1. The number of ether oxygens (including phenoxy) is 1. The van der Waals surface area contributed by atoms with E-state index >= 15 is 0 Å². The minimum absolute atomic E-state index is 0.258. The van der Waals surface area contributed by atoms with E-state index in [4.69, 9.17) is 17.0 Å². The number of rotatable bonds is 4. The summed E-state index contributed by atoms with van der Waals surface area (Å²) >= 11 is 8.80. The van der Waals surface area contributed by atoms with Gasteiger partial charge in [0.1, 0.15) is 10.4 Å². The van der Waals surface area contributed by atoms with E-state index in [1.807, 2.05) is 24.3 Å². The molecule has 1 aliphatic carbocycles. The average molecular weight is 333 g/mol. The molecule has 0 spiro atoms. The van der Waals surface area contributed by atoms with Crippen LogP contribution in [-0.4, -0.2) is 29.6 Å². The first-order valence-electron chi connectivity index (χ1n) is 7.01. The largest absolute Gasteiger partial charge is 0.442 e.